The number of hydrazine groups is 1. The Balaban J connectivity index is 2.28. The summed E-state index contributed by atoms with van der Waals surface area (Å²) in [5.41, 5.74) is 6.75. The van der Waals surface area contributed by atoms with Crippen LogP contribution >= 0.6 is 27.3 Å². The van der Waals surface area contributed by atoms with Gasteiger partial charge in [-0.25, -0.2) is 0 Å². The molecule has 0 fully saturated rings. The first-order valence-electron chi connectivity index (χ1n) is 5.87. The lowest BCUT2D eigenvalue weighted by Gasteiger charge is -2.19. The zero-order valence-electron chi connectivity index (χ0n) is 10.5. The lowest BCUT2D eigenvalue weighted by atomic mass is 9.97. The molecule has 2 aromatic rings. The summed E-state index contributed by atoms with van der Waals surface area (Å²) in [6.45, 7) is 4.24. The molecule has 0 amide bonds. The standard InChI is InChI=1S/C14H17BrN2S/c1-9-3-4-10(2)11(7-9)13(17-16)8-14-12(15)5-6-18-14/h3-7,13,17H,8,16H2,1-2H3. The van der Waals surface area contributed by atoms with E-state index < -0.39 is 0 Å². The van der Waals surface area contributed by atoms with E-state index in [0.717, 1.165) is 10.9 Å². The fourth-order valence-corrected chi connectivity index (χ4v) is 3.61. The molecular weight excluding hydrogens is 308 g/mol. The number of benzene rings is 1. The molecule has 96 valence electrons. The monoisotopic (exact) mass is 324 g/mol. The van der Waals surface area contributed by atoms with Gasteiger partial charge < -0.3 is 0 Å². The van der Waals surface area contributed by atoms with E-state index in [1.165, 1.54) is 21.6 Å². The maximum absolute atomic E-state index is 5.73. The third-order valence-electron chi connectivity index (χ3n) is 3.09. The molecule has 3 N–H and O–H groups in total. The number of nitrogens with one attached hydrogen (secondary N) is 1. The van der Waals surface area contributed by atoms with Crippen molar-refractivity contribution in [1.82, 2.24) is 5.43 Å². The number of aryl methyl sites for hydroxylation is 2. The van der Waals surface area contributed by atoms with Gasteiger partial charge in [0.2, 0.25) is 0 Å². The Morgan fingerprint density at radius 2 is 2.11 bits per heavy atom. The van der Waals surface area contributed by atoms with Gasteiger partial charge in [-0.1, -0.05) is 23.8 Å². The zero-order valence-corrected chi connectivity index (χ0v) is 12.9. The second kappa shape index (κ2) is 5.97. The molecule has 0 aliphatic rings. The molecule has 0 radical (unpaired) electrons. The molecule has 0 saturated heterocycles. The highest BCUT2D eigenvalue weighted by Gasteiger charge is 2.15. The molecule has 1 aromatic carbocycles. The van der Waals surface area contributed by atoms with Crippen LogP contribution in [0.5, 0.6) is 0 Å². The minimum Gasteiger partial charge on any atom is -0.271 e. The highest BCUT2D eigenvalue weighted by atomic mass is 79.9. The van der Waals surface area contributed by atoms with Gasteiger partial charge >= 0.3 is 0 Å². The van der Waals surface area contributed by atoms with Crippen molar-refractivity contribution >= 4 is 27.3 Å². The van der Waals surface area contributed by atoms with Crippen molar-refractivity contribution in [3.05, 3.63) is 55.7 Å². The van der Waals surface area contributed by atoms with Crippen molar-refractivity contribution in [1.29, 1.82) is 0 Å². The van der Waals surface area contributed by atoms with Crippen molar-refractivity contribution in [3.63, 3.8) is 0 Å². The van der Waals surface area contributed by atoms with Gasteiger partial charge in [0.15, 0.2) is 0 Å². The number of nitrogens with two attached hydrogens (primary N) is 1. The lowest BCUT2D eigenvalue weighted by molar-refractivity contribution is 0.552. The van der Waals surface area contributed by atoms with E-state index >= 15 is 0 Å². The maximum Gasteiger partial charge on any atom is 0.0511 e. The van der Waals surface area contributed by atoms with Gasteiger partial charge in [-0.2, -0.15) is 0 Å². The number of rotatable bonds is 4. The first-order chi connectivity index (χ1) is 8.61. The number of hydrogen-bond donors (Lipinski definition) is 2. The molecule has 0 saturated carbocycles. The summed E-state index contributed by atoms with van der Waals surface area (Å²) in [7, 11) is 0. The quantitative estimate of drug-likeness (QED) is 0.661. The fourth-order valence-electron chi connectivity index (χ4n) is 2.05. The summed E-state index contributed by atoms with van der Waals surface area (Å²) in [6, 6.07) is 8.73. The topological polar surface area (TPSA) is 38.0 Å². The third-order valence-corrected chi connectivity index (χ3v) is 5.04. The summed E-state index contributed by atoms with van der Waals surface area (Å²) >= 11 is 5.33. The summed E-state index contributed by atoms with van der Waals surface area (Å²) in [4.78, 5) is 1.32. The van der Waals surface area contributed by atoms with E-state index in [2.05, 4.69) is 64.8 Å². The van der Waals surface area contributed by atoms with Gasteiger partial charge in [-0.3, -0.25) is 11.3 Å². The smallest absolute Gasteiger partial charge is 0.0511 e. The molecule has 4 heteroatoms. The highest BCUT2D eigenvalue weighted by Crippen LogP contribution is 2.29. The molecule has 1 aromatic heterocycles. The molecule has 0 aliphatic carbocycles. The van der Waals surface area contributed by atoms with Gasteiger partial charge in [0.1, 0.15) is 0 Å². The van der Waals surface area contributed by atoms with Crippen LogP contribution in [0.2, 0.25) is 0 Å². The minimum atomic E-state index is 0.153. The average molecular weight is 325 g/mol. The zero-order chi connectivity index (χ0) is 13.1. The Kier molecular flexibility index (Phi) is 4.56. The predicted octanol–water partition coefficient (Wildman–Crippen LogP) is 3.87. The van der Waals surface area contributed by atoms with E-state index in [1.807, 2.05) is 0 Å². The van der Waals surface area contributed by atoms with Crippen LogP contribution in [0.25, 0.3) is 0 Å². The largest absolute Gasteiger partial charge is 0.271 e. The Morgan fingerprint density at radius 3 is 2.72 bits per heavy atom. The summed E-state index contributed by atoms with van der Waals surface area (Å²) in [5.74, 6) is 5.73. The molecule has 18 heavy (non-hydrogen) atoms. The van der Waals surface area contributed by atoms with Gasteiger partial charge in [0.05, 0.1) is 6.04 Å². The third kappa shape index (κ3) is 3.01. The van der Waals surface area contributed by atoms with Crippen LogP contribution in [0, 0.1) is 13.8 Å². The molecule has 1 heterocycles. The fraction of sp³-hybridized carbons (Fsp3) is 0.286. The van der Waals surface area contributed by atoms with Crippen LogP contribution in [0.1, 0.15) is 27.6 Å². The SMILES string of the molecule is Cc1ccc(C)c(C(Cc2sccc2Br)NN)c1. The van der Waals surface area contributed by atoms with Gasteiger partial charge in [0, 0.05) is 15.8 Å². The highest BCUT2D eigenvalue weighted by molar-refractivity contribution is 9.10. The van der Waals surface area contributed by atoms with Crippen LogP contribution in [-0.4, -0.2) is 0 Å². The normalized spacial score (nSPS) is 12.7. The van der Waals surface area contributed by atoms with Gasteiger partial charge in [0.25, 0.3) is 0 Å². The summed E-state index contributed by atoms with van der Waals surface area (Å²) in [5, 5.41) is 2.09. The molecule has 0 spiro atoms. The van der Waals surface area contributed by atoms with E-state index in [9.17, 15) is 0 Å². The molecule has 1 atom stereocenters. The molecular formula is C14H17BrN2S. The van der Waals surface area contributed by atoms with Crippen LogP contribution in [0.3, 0.4) is 0 Å². The van der Waals surface area contributed by atoms with Crippen LogP contribution in [-0.2, 0) is 6.42 Å². The van der Waals surface area contributed by atoms with E-state index in [-0.39, 0.29) is 6.04 Å². The van der Waals surface area contributed by atoms with Crippen molar-refractivity contribution in [3.8, 4) is 0 Å². The Hall–Kier alpha value is -0.680. The molecule has 0 bridgehead atoms. The minimum absolute atomic E-state index is 0.153. The van der Waals surface area contributed by atoms with E-state index in [1.54, 1.807) is 11.3 Å². The van der Waals surface area contributed by atoms with Crippen LogP contribution in [0.15, 0.2) is 34.1 Å². The van der Waals surface area contributed by atoms with Crippen LogP contribution < -0.4 is 11.3 Å². The summed E-state index contributed by atoms with van der Waals surface area (Å²) in [6.07, 6.45) is 0.902. The summed E-state index contributed by atoms with van der Waals surface area (Å²) < 4.78 is 1.16. The predicted molar refractivity (Wildman–Crippen MR) is 81.7 cm³/mol. The Bertz CT molecular complexity index is 536. The molecule has 2 rings (SSSR count). The molecule has 1 unspecified atom stereocenters. The maximum atomic E-state index is 5.73. The van der Waals surface area contributed by atoms with Gasteiger partial charge in [-0.05, 0) is 52.4 Å². The van der Waals surface area contributed by atoms with Crippen molar-refractivity contribution in [2.24, 2.45) is 5.84 Å². The second-order valence-electron chi connectivity index (χ2n) is 4.48. The first-order valence-corrected chi connectivity index (χ1v) is 7.54. The lowest BCUT2D eigenvalue weighted by Crippen LogP contribution is -2.30. The number of hydrogen-bond acceptors (Lipinski definition) is 3. The molecule has 0 aliphatic heterocycles. The van der Waals surface area contributed by atoms with Crippen molar-refractivity contribution in [2.75, 3.05) is 0 Å². The van der Waals surface area contributed by atoms with Crippen LogP contribution in [0.4, 0.5) is 0 Å². The van der Waals surface area contributed by atoms with Crippen molar-refractivity contribution < 1.29 is 0 Å². The number of thiophene rings is 1. The first kappa shape index (κ1) is 13.7. The van der Waals surface area contributed by atoms with Crippen molar-refractivity contribution in [2.45, 2.75) is 26.3 Å². The number of halogens is 1. The average Bonchev–Trinajstić information content (AvgIpc) is 2.75. The van der Waals surface area contributed by atoms with E-state index in [0.29, 0.717) is 0 Å². The second-order valence-corrected chi connectivity index (χ2v) is 6.33. The Morgan fingerprint density at radius 1 is 1.33 bits per heavy atom. The van der Waals surface area contributed by atoms with E-state index in [4.69, 9.17) is 5.84 Å². The van der Waals surface area contributed by atoms with Gasteiger partial charge in [-0.15, -0.1) is 11.3 Å². The Labute approximate surface area is 120 Å². The molecule has 2 nitrogen and oxygen atoms in total.